The molecule has 5 N–H and O–H groups in total. The highest BCUT2D eigenvalue weighted by Gasteiger charge is 2.43. The lowest BCUT2D eigenvalue weighted by molar-refractivity contribution is -0.148. The fraction of sp³-hybridized carbons (Fsp3) is 0.731. The quantitative estimate of drug-likeness (QED) is 0.0854. The molecule has 7 amide bonds. The summed E-state index contributed by atoms with van der Waals surface area (Å²) in [6.07, 6.45) is 0.0578. The van der Waals surface area contributed by atoms with Crippen LogP contribution in [-0.2, 0) is 49.4 Å². The predicted molar refractivity (Wildman–Crippen MR) is 273 cm³/mol. The SMILES string of the molecule is CC[C@H](C)[C@@H]([C@@H](CC(=O)N1CCC[C@H]1[C@H](OC)[C@@H](C)C(=O)N[C@H](CC#N)Cc1cccc(NC(=O)[C@H](C)NC(=O)[C@H](C)NC(=O)OC(C)(C)C)c1)OC)N(C)C(=O)[C@@H](NC(=O)[C@H](C(C)C)N(C)C)C(C)C. The third-order valence-corrected chi connectivity index (χ3v) is 13.2. The zero-order chi connectivity index (χ0) is 54.1. The molecule has 1 fully saturated rings. The normalized spacial score (nSPS) is 18.1. The molecule has 0 aliphatic carbocycles. The lowest BCUT2D eigenvalue weighted by Gasteiger charge is -2.41. The van der Waals surface area contributed by atoms with Gasteiger partial charge in [-0.1, -0.05) is 67.0 Å². The third-order valence-electron chi connectivity index (χ3n) is 13.2. The minimum Gasteiger partial charge on any atom is -0.444 e. The van der Waals surface area contributed by atoms with Gasteiger partial charge in [0.15, 0.2) is 0 Å². The first-order chi connectivity index (χ1) is 33.1. The summed E-state index contributed by atoms with van der Waals surface area (Å²) < 4.78 is 17.3. The summed E-state index contributed by atoms with van der Waals surface area (Å²) >= 11 is 0. The summed E-state index contributed by atoms with van der Waals surface area (Å²) in [6.45, 7) is 22.0. The van der Waals surface area contributed by atoms with Crippen LogP contribution in [0.5, 0.6) is 0 Å². The standard InChI is InChI=1S/C52H87N9O10/c1-18-32(6)44(60(15)50(67)42(30(2)3)58-49(66)43(31(4)5)59(13)14)40(69-16)29-41(62)61-26-20-23-39(61)45(70-17)33(7)46(63)56-38(24-25-53)28-36-21-19-22-37(27-36)57-48(65)34(8)54-47(64)35(9)55-51(68)71-52(10,11)12/h19,21-22,27,30-35,38-40,42-45H,18,20,23-24,26,28-29H2,1-17H3,(H,54,64)(H,55,68)(H,56,63)(H,57,65)(H,58,66)/t32-,33+,34-,35-,38+,39-,40+,42-,43-,44-,45+/m0/s1. The number of carbonyl (C=O) groups is 7. The molecule has 1 aliphatic heterocycles. The Morgan fingerprint density at radius 1 is 0.831 bits per heavy atom. The number of methoxy groups -OCH3 is 2. The number of alkyl carbamates (subject to hydrolysis) is 1. The number of hydrogen-bond donors (Lipinski definition) is 5. The molecule has 1 saturated heterocycles. The van der Waals surface area contributed by atoms with Gasteiger partial charge in [-0.2, -0.15) is 5.26 Å². The average molecular weight is 998 g/mol. The molecule has 1 aromatic rings. The first-order valence-corrected chi connectivity index (χ1v) is 25.1. The number of carbonyl (C=O) groups excluding carboxylic acids is 7. The zero-order valence-corrected chi connectivity index (χ0v) is 45.6. The number of hydrogen-bond acceptors (Lipinski definition) is 12. The van der Waals surface area contributed by atoms with Crippen LogP contribution >= 0.6 is 0 Å². The van der Waals surface area contributed by atoms with E-state index in [1.807, 2.05) is 66.6 Å². The number of nitriles is 1. The number of likely N-dealkylation sites (tertiary alicyclic amines) is 1. The number of ether oxygens (including phenoxy) is 3. The van der Waals surface area contributed by atoms with Crippen molar-refractivity contribution in [3.05, 3.63) is 29.8 Å². The van der Waals surface area contributed by atoms with Crippen molar-refractivity contribution in [3.8, 4) is 6.07 Å². The highest BCUT2D eigenvalue weighted by atomic mass is 16.6. The molecule has 2 rings (SSSR count). The summed E-state index contributed by atoms with van der Waals surface area (Å²) in [5.41, 5.74) is 0.408. The summed E-state index contributed by atoms with van der Waals surface area (Å²) in [6, 6.07) is 4.38. The van der Waals surface area contributed by atoms with Crippen molar-refractivity contribution in [2.24, 2.45) is 23.7 Å². The number of benzene rings is 1. The second-order valence-corrected chi connectivity index (χ2v) is 21.0. The van der Waals surface area contributed by atoms with Gasteiger partial charge in [0.1, 0.15) is 23.7 Å². The van der Waals surface area contributed by atoms with E-state index in [0.717, 1.165) is 5.56 Å². The van der Waals surface area contributed by atoms with Crippen LogP contribution in [0, 0.1) is 35.0 Å². The molecule has 19 heteroatoms. The molecule has 0 radical (unpaired) electrons. The first-order valence-electron chi connectivity index (χ1n) is 25.1. The van der Waals surface area contributed by atoms with Crippen LogP contribution in [0.25, 0.3) is 0 Å². The van der Waals surface area contributed by atoms with Crippen molar-refractivity contribution in [3.63, 3.8) is 0 Å². The first kappa shape index (κ1) is 61.8. The monoisotopic (exact) mass is 998 g/mol. The Hall–Kier alpha value is -5.32. The Morgan fingerprint density at radius 2 is 1.46 bits per heavy atom. The maximum absolute atomic E-state index is 14.4. The molecule has 1 heterocycles. The Balaban J connectivity index is 2.20. The van der Waals surface area contributed by atoms with Gasteiger partial charge >= 0.3 is 6.09 Å². The summed E-state index contributed by atoms with van der Waals surface area (Å²) in [4.78, 5) is 99.5. The summed E-state index contributed by atoms with van der Waals surface area (Å²) in [5.74, 6) is -3.14. The minimum absolute atomic E-state index is 0.00907. The van der Waals surface area contributed by atoms with Gasteiger partial charge in [0.2, 0.25) is 35.4 Å². The van der Waals surface area contributed by atoms with Gasteiger partial charge < -0.3 is 50.6 Å². The Bertz CT molecular complexity index is 1980. The van der Waals surface area contributed by atoms with E-state index < -0.39 is 83.9 Å². The molecular weight excluding hydrogens is 911 g/mol. The number of nitrogens with one attached hydrogen (secondary N) is 5. The Labute approximate surface area is 423 Å². The van der Waals surface area contributed by atoms with Crippen LogP contribution in [0.3, 0.4) is 0 Å². The van der Waals surface area contributed by atoms with Crippen LogP contribution in [-0.4, -0.2) is 158 Å². The Morgan fingerprint density at radius 3 is 2.00 bits per heavy atom. The van der Waals surface area contributed by atoms with Crippen molar-refractivity contribution in [2.45, 2.75) is 182 Å². The molecule has 0 saturated carbocycles. The highest BCUT2D eigenvalue weighted by Crippen LogP contribution is 2.30. The minimum atomic E-state index is -0.969. The number of likely N-dealkylation sites (N-methyl/N-ethyl adjacent to an activating group) is 2. The van der Waals surface area contributed by atoms with Crippen molar-refractivity contribution in [1.29, 1.82) is 5.26 Å². The van der Waals surface area contributed by atoms with Gasteiger partial charge in [-0.25, -0.2) is 4.79 Å². The molecule has 0 aromatic heterocycles. The van der Waals surface area contributed by atoms with E-state index in [-0.39, 0.29) is 60.6 Å². The highest BCUT2D eigenvalue weighted by molar-refractivity contribution is 5.98. The smallest absolute Gasteiger partial charge is 0.408 e. The molecule has 0 spiro atoms. The summed E-state index contributed by atoms with van der Waals surface area (Å²) in [5, 5.41) is 23.7. The van der Waals surface area contributed by atoms with Gasteiger partial charge in [-0.15, -0.1) is 0 Å². The van der Waals surface area contributed by atoms with Gasteiger partial charge in [-0.05, 0) is 103 Å². The van der Waals surface area contributed by atoms with E-state index in [0.29, 0.717) is 31.5 Å². The number of amides is 7. The molecule has 1 aliphatic rings. The van der Waals surface area contributed by atoms with E-state index in [2.05, 4.69) is 32.7 Å². The molecule has 0 bridgehead atoms. The van der Waals surface area contributed by atoms with Crippen molar-refractivity contribution < 1.29 is 47.8 Å². The maximum Gasteiger partial charge on any atom is 0.408 e. The van der Waals surface area contributed by atoms with Crippen LogP contribution < -0.4 is 26.6 Å². The van der Waals surface area contributed by atoms with Gasteiger partial charge in [0, 0.05) is 39.5 Å². The van der Waals surface area contributed by atoms with Crippen LogP contribution in [0.1, 0.15) is 121 Å². The second kappa shape index (κ2) is 28.7. The molecule has 19 nitrogen and oxygen atoms in total. The number of anilines is 1. The third kappa shape index (κ3) is 18.7. The molecule has 400 valence electrons. The van der Waals surface area contributed by atoms with Crippen molar-refractivity contribution >= 4 is 47.2 Å². The fourth-order valence-electron chi connectivity index (χ4n) is 9.29. The van der Waals surface area contributed by atoms with E-state index >= 15 is 0 Å². The van der Waals surface area contributed by atoms with E-state index in [9.17, 15) is 38.8 Å². The van der Waals surface area contributed by atoms with E-state index in [1.165, 1.54) is 28.1 Å². The lowest BCUT2D eigenvalue weighted by atomic mass is 9.89. The molecular formula is C52H87N9O10. The Kier molecular flexibility index (Phi) is 24.9. The van der Waals surface area contributed by atoms with E-state index in [4.69, 9.17) is 14.2 Å². The molecule has 71 heavy (non-hydrogen) atoms. The van der Waals surface area contributed by atoms with Gasteiger partial charge in [-0.3, -0.25) is 33.7 Å². The zero-order valence-electron chi connectivity index (χ0n) is 45.6. The number of rotatable bonds is 26. The topological polar surface area (TPSA) is 241 Å². The second-order valence-electron chi connectivity index (χ2n) is 21.0. The predicted octanol–water partition coefficient (Wildman–Crippen LogP) is 4.63. The fourth-order valence-corrected chi connectivity index (χ4v) is 9.29. The van der Waals surface area contributed by atoms with Crippen molar-refractivity contribution in [1.82, 2.24) is 36.0 Å². The van der Waals surface area contributed by atoms with Gasteiger partial charge in [0.25, 0.3) is 0 Å². The van der Waals surface area contributed by atoms with Crippen LogP contribution in [0.4, 0.5) is 10.5 Å². The van der Waals surface area contributed by atoms with Crippen molar-refractivity contribution in [2.75, 3.05) is 47.2 Å². The largest absolute Gasteiger partial charge is 0.444 e. The number of nitrogens with zero attached hydrogens (tertiary/aromatic N) is 4. The molecule has 1 aromatic carbocycles. The summed E-state index contributed by atoms with van der Waals surface area (Å²) in [7, 11) is 8.44. The van der Waals surface area contributed by atoms with E-state index in [1.54, 1.807) is 62.7 Å². The maximum atomic E-state index is 14.4. The average Bonchev–Trinajstić information content (AvgIpc) is 3.76. The van der Waals surface area contributed by atoms with Gasteiger partial charge in [0.05, 0.1) is 55.2 Å². The van der Waals surface area contributed by atoms with Crippen LogP contribution in [0.15, 0.2) is 24.3 Å². The molecule has 11 atom stereocenters. The molecule has 0 unspecified atom stereocenters. The van der Waals surface area contributed by atoms with Crippen LogP contribution in [0.2, 0.25) is 0 Å². The lowest BCUT2D eigenvalue weighted by Crippen LogP contribution is -2.59.